The van der Waals surface area contributed by atoms with Crippen molar-refractivity contribution in [3.8, 4) is 0 Å². The average Bonchev–Trinajstić information content (AvgIpc) is 3.19. The van der Waals surface area contributed by atoms with Crippen molar-refractivity contribution in [1.29, 1.82) is 0 Å². The van der Waals surface area contributed by atoms with E-state index in [4.69, 9.17) is 4.99 Å². The highest BCUT2D eigenvalue weighted by Gasteiger charge is 2.38. The molecule has 2 aliphatic rings. The van der Waals surface area contributed by atoms with Crippen LogP contribution in [0.1, 0.15) is 25.5 Å². The number of benzene rings is 2. The van der Waals surface area contributed by atoms with E-state index < -0.39 is 0 Å². The van der Waals surface area contributed by atoms with Gasteiger partial charge in [-0.3, -0.25) is 14.7 Å². The second-order valence-electron chi connectivity index (χ2n) is 6.41. The van der Waals surface area contributed by atoms with Gasteiger partial charge < -0.3 is 4.90 Å². The van der Waals surface area contributed by atoms with Crippen LogP contribution in [0.4, 0.5) is 5.69 Å². The third-order valence-corrected chi connectivity index (χ3v) is 7.14. The number of nitrogens with zero attached hydrogens (tertiary/aromatic N) is 3. The minimum Gasteiger partial charge on any atom is -0.337 e. The van der Waals surface area contributed by atoms with Crippen LogP contribution in [0.15, 0.2) is 74.4 Å². The molecular weight excluding hydrogens is 374 g/mol. The number of carbonyl (C=O) groups is 1. The van der Waals surface area contributed by atoms with Gasteiger partial charge in [0.1, 0.15) is 4.91 Å². The van der Waals surface area contributed by atoms with E-state index in [1.165, 1.54) is 16.7 Å². The van der Waals surface area contributed by atoms with Crippen LogP contribution in [-0.2, 0) is 4.79 Å². The van der Waals surface area contributed by atoms with Crippen LogP contribution in [0, 0.1) is 0 Å². The number of para-hydroxylation sites is 1. The van der Waals surface area contributed by atoms with Crippen LogP contribution >= 0.6 is 23.5 Å². The van der Waals surface area contributed by atoms with Crippen LogP contribution in [0.2, 0.25) is 0 Å². The lowest BCUT2D eigenvalue weighted by Gasteiger charge is -2.15. The molecule has 2 aromatic rings. The first-order valence-electron chi connectivity index (χ1n) is 8.97. The molecule has 0 saturated carbocycles. The van der Waals surface area contributed by atoms with Gasteiger partial charge in [0.2, 0.25) is 0 Å². The lowest BCUT2D eigenvalue weighted by atomic mass is 10.1. The molecule has 0 bridgehead atoms. The Bertz CT molecular complexity index is 939. The largest absolute Gasteiger partial charge is 0.337 e. The van der Waals surface area contributed by atoms with E-state index >= 15 is 0 Å². The fourth-order valence-corrected chi connectivity index (χ4v) is 5.65. The highest BCUT2D eigenvalue weighted by atomic mass is 32.2. The summed E-state index contributed by atoms with van der Waals surface area (Å²) in [4.78, 5) is 23.8. The Hall–Kier alpha value is -2.18. The molecule has 0 aromatic heterocycles. The Morgan fingerprint density at radius 3 is 2.44 bits per heavy atom. The van der Waals surface area contributed by atoms with Crippen LogP contribution in [0.5, 0.6) is 0 Å². The minimum atomic E-state index is 0.00561. The number of rotatable bonds is 3. The van der Waals surface area contributed by atoms with Gasteiger partial charge in [-0.25, -0.2) is 0 Å². The van der Waals surface area contributed by atoms with Gasteiger partial charge in [-0.1, -0.05) is 54.2 Å². The number of carbonyl (C=O) groups excluding carboxylic acids is 1. The molecule has 2 aliphatic heterocycles. The van der Waals surface area contributed by atoms with Crippen molar-refractivity contribution in [3.05, 3.63) is 70.1 Å². The number of amidine groups is 1. The van der Waals surface area contributed by atoms with E-state index in [0.717, 1.165) is 26.4 Å². The molecule has 1 unspecified atom stereocenters. The molecule has 2 heterocycles. The molecule has 0 N–H and O–H groups in total. The van der Waals surface area contributed by atoms with E-state index in [0.29, 0.717) is 6.54 Å². The first-order valence-corrected chi connectivity index (χ1v) is 10.6. The van der Waals surface area contributed by atoms with Gasteiger partial charge in [-0.05, 0) is 43.3 Å². The minimum absolute atomic E-state index is 0.00561. The molecule has 1 saturated heterocycles. The number of anilines is 1. The fraction of sp³-hybridized carbons (Fsp3) is 0.238. The number of hydrogen-bond acceptors (Lipinski definition) is 5. The zero-order chi connectivity index (χ0) is 19.0. The van der Waals surface area contributed by atoms with Crippen LogP contribution in [0.25, 0.3) is 0 Å². The lowest BCUT2D eigenvalue weighted by molar-refractivity contribution is -0.122. The van der Waals surface area contributed by atoms with Crippen molar-refractivity contribution >= 4 is 40.3 Å². The molecule has 2 aromatic carbocycles. The summed E-state index contributed by atoms with van der Waals surface area (Å²) in [6, 6.07) is 18.4. The average molecular weight is 396 g/mol. The Morgan fingerprint density at radius 1 is 1.04 bits per heavy atom. The van der Waals surface area contributed by atoms with Gasteiger partial charge in [-0.15, -0.1) is 0 Å². The van der Waals surface area contributed by atoms with Crippen molar-refractivity contribution in [2.45, 2.75) is 24.8 Å². The quantitative estimate of drug-likeness (QED) is 0.677. The number of aliphatic imine (C=N–C) groups is 1. The second-order valence-corrected chi connectivity index (χ2v) is 8.42. The number of amides is 1. The lowest BCUT2D eigenvalue weighted by Crippen LogP contribution is -2.29. The van der Waals surface area contributed by atoms with Gasteiger partial charge in [0, 0.05) is 18.5 Å². The maximum Gasteiger partial charge on any atom is 0.269 e. The van der Waals surface area contributed by atoms with Crippen molar-refractivity contribution in [2.75, 3.05) is 18.5 Å². The summed E-state index contributed by atoms with van der Waals surface area (Å²) in [5, 5.41) is 1.77. The Labute approximate surface area is 168 Å². The van der Waals surface area contributed by atoms with Gasteiger partial charge in [-0.2, -0.15) is 0 Å². The molecule has 0 radical (unpaired) electrons. The van der Waals surface area contributed by atoms with Crippen molar-refractivity contribution in [1.82, 2.24) is 4.90 Å². The Kier molecular flexibility index (Phi) is 5.02. The third kappa shape index (κ3) is 3.28. The number of likely N-dealkylation sites (N-methyl/N-ethyl adjacent to an activating group) is 1. The van der Waals surface area contributed by atoms with E-state index in [1.807, 2.05) is 44.3 Å². The molecule has 4 nitrogen and oxygen atoms in total. The Balaban J connectivity index is 1.68. The molecule has 138 valence electrons. The van der Waals surface area contributed by atoms with Gasteiger partial charge in [0.05, 0.1) is 16.8 Å². The zero-order valence-electron chi connectivity index (χ0n) is 15.5. The highest BCUT2D eigenvalue weighted by molar-refractivity contribution is 8.19. The molecular formula is C21H21N3OS2. The summed E-state index contributed by atoms with van der Waals surface area (Å²) < 4.78 is 0. The maximum absolute atomic E-state index is 13.1. The summed E-state index contributed by atoms with van der Waals surface area (Å²) in [7, 11) is 2.02. The number of thioether (sulfide) groups is 2. The summed E-state index contributed by atoms with van der Waals surface area (Å²) in [5.41, 5.74) is 2.29. The molecule has 6 heteroatoms. The van der Waals surface area contributed by atoms with E-state index in [1.54, 1.807) is 16.7 Å². The first kappa shape index (κ1) is 18.2. The van der Waals surface area contributed by atoms with Crippen molar-refractivity contribution < 1.29 is 4.79 Å². The summed E-state index contributed by atoms with van der Waals surface area (Å²) in [5.74, 6) is 0.0451. The monoisotopic (exact) mass is 395 g/mol. The van der Waals surface area contributed by atoms with Crippen LogP contribution in [0.3, 0.4) is 0 Å². The molecule has 1 fully saturated rings. The van der Waals surface area contributed by atoms with Gasteiger partial charge >= 0.3 is 0 Å². The smallest absolute Gasteiger partial charge is 0.269 e. The molecule has 0 spiro atoms. The second kappa shape index (κ2) is 7.44. The predicted molar refractivity (Wildman–Crippen MR) is 115 cm³/mol. The maximum atomic E-state index is 13.1. The standard InChI is InChI=1S/C21H21N3OS2/c1-4-24-19(25)18(20-23(3)16-12-8-9-13-17(16)26-20)27-21(24)22-14(2)15-10-6-5-7-11-15/h5-14H,4H2,1-3H3. The van der Waals surface area contributed by atoms with E-state index in [-0.39, 0.29) is 11.9 Å². The van der Waals surface area contributed by atoms with Crippen molar-refractivity contribution in [2.24, 2.45) is 4.99 Å². The first-order chi connectivity index (χ1) is 13.1. The van der Waals surface area contributed by atoms with Gasteiger partial charge in [0.25, 0.3) is 5.91 Å². The number of hydrogen-bond donors (Lipinski definition) is 0. The van der Waals surface area contributed by atoms with E-state index in [2.05, 4.69) is 36.1 Å². The van der Waals surface area contributed by atoms with E-state index in [9.17, 15) is 4.79 Å². The fourth-order valence-electron chi connectivity index (χ4n) is 3.18. The van der Waals surface area contributed by atoms with Crippen LogP contribution in [-0.4, -0.2) is 29.6 Å². The molecule has 1 amide bonds. The topological polar surface area (TPSA) is 35.9 Å². The van der Waals surface area contributed by atoms with Gasteiger partial charge in [0.15, 0.2) is 5.17 Å². The molecule has 4 rings (SSSR count). The van der Waals surface area contributed by atoms with Crippen molar-refractivity contribution in [3.63, 3.8) is 0 Å². The third-order valence-electron chi connectivity index (χ3n) is 4.70. The zero-order valence-corrected chi connectivity index (χ0v) is 17.2. The summed E-state index contributed by atoms with van der Waals surface area (Å²) >= 11 is 3.15. The predicted octanol–water partition coefficient (Wildman–Crippen LogP) is 5.11. The summed E-state index contributed by atoms with van der Waals surface area (Å²) in [6.45, 7) is 4.68. The highest BCUT2D eigenvalue weighted by Crippen LogP contribution is 2.49. The van der Waals surface area contributed by atoms with Crippen LogP contribution < -0.4 is 4.90 Å². The Morgan fingerprint density at radius 2 is 1.74 bits per heavy atom. The molecule has 0 aliphatic carbocycles. The normalized spacial score (nSPS) is 21.9. The summed E-state index contributed by atoms with van der Waals surface area (Å²) in [6.07, 6.45) is 0. The SMILES string of the molecule is CCN1C(=O)C(=C2Sc3ccccc3N2C)SC1=NC(C)c1ccccc1. The molecule has 27 heavy (non-hydrogen) atoms. The number of fused-ring (bicyclic) bond motifs is 1. The molecule has 1 atom stereocenters.